The average Bonchev–Trinajstić information content (AvgIpc) is 2.75. The maximum absolute atomic E-state index is 4.25. The van der Waals surface area contributed by atoms with Crippen molar-refractivity contribution < 1.29 is 0 Å². The lowest BCUT2D eigenvalue weighted by atomic mass is 10.3. The third kappa shape index (κ3) is 2.24. The van der Waals surface area contributed by atoms with Crippen molar-refractivity contribution in [1.29, 1.82) is 0 Å². The summed E-state index contributed by atoms with van der Waals surface area (Å²) in [5.41, 5.74) is 3.44. The minimum atomic E-state index is 0.841. The molecule has 0 atom stereocenters. The molecule has 0 bridgehead atoms. The Morgan fingerprint density at radius 3 is 2.94 bits per heavy atom. The Balaban J connectivity index is 2.05. The third-order valence-corrected chi connectivity index (χ3v) is 2.73. The summed E-state index contributed by atoms with van der Waals surface area (Å²) in [7, 11) is 0. The maximum atomic E-state index is 4.25. The molecule has 0 aromatic carbocycles. The number of anilines is 1. The molecule has 2 rings (SSSR count). The number of rotatable bonds is 4. The molecule has 1 N–H and O–H groups in total. The minimum Gasteiger partial charge on any atom is -0.378 e. The van der Waals surface area contributed by atoms with Crippen LogP contribution in [0.25, 0.3) is 0 Å². The highest BCUT2D eigenvalue weighted by Crippen LogP contribution is 2.12. The van der Waals surface area contributed by atoms with Crippen LogP contribution >= 0.6 is 0 Å². The van der Waals surface area contributed by atoms with Crippen molar-refractivity contribution in [2.75, 3.05) is 5.32 Å². The van der Waals surface area contributed by atoms with Gasteiger partial charge in [-0.05, 0) is 38.1 Å². The van der Waals surface area contributed by atoms with Crippen LogP contribution in [0.2, 0.25) is 0 Å². The zero-order valence-electron chi connectivity index (χ0n) is 9.77. The Hall–Kier alpha value is -1.77. The quantitative estimate of drug-likeness (QED) is 0.850. The molecule has 0 aliphatic carbocycles. The summed E-state index contributed by atoms with van der Waals surface area (Å²) in [5.74, 6) is 0. The molecule has 0 unspecified atom stereocenters. The minimum absolute atomic E-state index is 0.841. The number of aromatic nitrogens is 2. The van der Waals surface area contributed by atoms with Gasteiger partial charge in [0.15, 0.2) is 0 Å². The summed E-state index contributed by atoms with van der Waals surface area (Å²) >= 11 is 0. The number of aryl methyl sites for hydroxylation is 2. The number of hydrogen-bond donors (Lipinski definition) is 1. The fourth-order valence-electron chi connectivity index (χ4n) is 1.78. The number of pyridine rings is 1. The summed E-state index contributed by atoms with van der Waals surface area (Å²) < 4.78 is 2.23. The van der Waals surface area contributed by atoms with Gasteiger partial charge < -0.3 is 9.88 Å². The van der Waals surface area contributed by atoms with Crippen LogP contribution in [0, 0.1) is 6.92 Å². The number of hydrogen-bond acceptors (Lipinski definition) is 2. The van der Waals surface area contributed by atoms with Gasteiger partial charge in [0.1, 0.15) is 0 Å². The van der Waals surface area contributed by atoms with Crippen molar-refractivity contribution in [3.05, 3.63) is 48.0 Å². The maximum Gasteiger partial charge on any atom is 0.0603 e. The second-order valence-corrected chi connectivity index (χ2v) is 3.78. The van der Waals surface area contributed by atoms with Gasteiger partial charge in [0.05, 0.1) is 17.9 Å². The summed E-state index contributed by atoms with van der Waals surface area (Å²) in [6, 6.07) is 8.23. The highest BCUT2D eigenvalue weighted by Gasteiger charge is 2.00. The summed E-state index contributed by atoms with van der Waals surface area (Å²) in [4.78, 5) is 4.25. The lowest BCUT2D eigenvalue weighted by Crippen LogP contribution is -2.07. The standard InChI is InChI=1S/C13H17N3/c1-3-16-9-5-6-12(16)10-15-13-7-4-8-14-11(13)2/h4-9,15H,3,10H2,1-2H3. The smallest absolute Gasteiger partial charge is 0.0603 e. The first kappa shape index (κ1) is 10.7. The highest BCUT2D eigenvalue weighted by molar-refractivity contribution is 5.46. The predicted molar refractivity (Wildman–Crippen MR) is 66.4 cm³/mol. The molecular weight excluding hydrogens is 198 g/mol. The van der Waals surface area contributed by atoms with E-state index in [1.54, 1.807) is 0 Å². The van der Waals surface area contributed by atoms with E-state index in [1.165, 1.54) is 5.69 Å². The summed E-state index contributed by atoms with van der Waals surface area (Å²) in [6.07, 6.45) is 3.92. The van der Waals surface area contributed by atoms with E-state index in [0.29, 0.717) is 0 Å². The molecule has 84 valence electrons. The highest BCUT2D eigenvalue weighted by atomic mass is 15.0. The van der Waals surface area contributed by atoms with Gasteiger partial charge >= 0.3 is 0 Å². The normalized spacial score (nSPS) is 10.4. The zero-order valence-corrected chi connectivity index (χ0v) is 9.77. The van der Waals surface area contributed by atoms with Crippen LogP contribution in [-0.2, 0) is 13.1 Å². The average molecular weight is 215 g/mol. The molecule has 0 fully saturated rings. The zero-order chi connectivity index (χ0) is 11.4. The topological polar surface area (TPSA) is 29.9 Å². The molecule has 16 heavy (non-hydrogen) atoms. The van der Waals surface area contributed by atoms with Gasteiger partial charge in [-0.15, -0.1) is 0 Å². The van der Waals surface area contributed by atoms with Crippen LogP contribution in [0.3, 0.4) is 0 Å². The van der Waals surface area contributed by atoms with Crippen molar-refractivity contribution in [3.63, 3.8) is 0 Å². The molecule has 2 aromatic heterocycles. The molecule has 3 heteroatoms. The van der Waals surface area contributed by atoms with Gasteiger partial charge in [0.25, 0.3) is 0 Å². The van der Waals surface area contributed by atoms with Gasteiger partial charge in [-0.3, -0.25) is 4.98 Å². The second-order valence-electron chi connectivity index (χ2n) is 3.78. The van der Waals surface area contributed by atoms with E-state index in [4.69, 9.17) is 0 Å². The molecule has 0 saturated heterocycles. The molecule has 0 spiro atoms. The first-order valence-electron chi connectivity index (χ1n) is 5.60. The Morgan fingerprint density at radius 2 is 2.19 bits per heavy atom. The summed E-state index contributed by atoms with van der Waals surface area (Å²) in [6.45, 7) is 6.02. The van der Waals surface area contributed by atoms with Crippen LogP contribution in [0.4, 0.5) is 5.69 Å². The van der Waals surface area contributed by atoms with Crippen LogP contribution in [0.15, 0.2) is 36.7 Å². The van der Waals surface area contributed by atoms with E-state index >= 15 is 0 Å². The van der Waals surface area contributed by atoms with Gasteiger partial charge in [-0.1, -0.05) is 0 Å². The molecule has 3 nitrogen and oxygen atoms in total. The fourth-order valence-corrected chi connectivity index (χ4v) is 1.78. The van der Waals surface area contributed by atoms with Crippen LogP contribution in [0.1, 0.15) is 18.3 Å². The van der Waals surface area contributed by atoms with Gasteiger partial charge in [-0.25, -0.2) is 0 Å². The Labute approximate surface area is 96.1 Å². The van der Waals surface area contributed by atoms with Crippen molar-refractivity contribution in [2.45, 2.75) is 26.9 Å². The van der Waals surface area contributed by atoms with Gasteiger partial charge in [-0.2, -0.15) is 0 Å². The van der Waals surface area contributed by atoms with Crippen molar-refractivity contribution in [3.8, 4) is 0 Å². The van der Waals surface area contributed by atoms with E-state index < -0.39 is 0 Å². The molecule has 0 amide bonds. The molecular formula is C13H17N3. The lowest BCUT2D eigenvalue weighted by molar-refractivity contribution is 0.724. The lowest BCUT2D eigenvalue weighted by Gasteiger charge is -2.10. The molecule has 0 radical (unpaired) electrons. The summed E-state index contributed by atoms with van der Waals surface area (Å²) in [5, 5.41) is 3.41. The van der Waals surface area contributed by atoms with Gasteiger partial charge in [0, 0.05) is 24.6 Å². The third-order valence-electron chi connectivity index (χ3n) is 2.73. The molecule has 2 heterocycles. The number of nitrogens with one attached hydrogen (secondary N) is 1. The van der Waals surface area contributed by atoms with E-state index in [2.05, 4.69) is 46.2 Å². The number of nitrogens with zero attached hydrogens (tertiary/aromatic N) is 2. The Bertz CT molecular complexity index is 460. The van der Waals surface area contributed by atoms with Crippen molar-refractivity contribution >= 4 is 5.69 Å². The first-order valence-corrected chi connectivity index (χ1v) is 5.60. The van der Waals surface area contributed by atoms with E-state index in [1.807, 2.05) is 19.2 Å². The van der Waals surface area contributed by atoms with Crippen LogP contribution < -0.4 is 5.32 Å². The van der Waals surface area contributed by atoms with E-state index in [0.717, 1.165) is 24.5 Å². The van der Waals surface area contributed by atoms with Crippen LogP contribution in [0.5, 0.6) is 0 Å². The largest absolute Gasteiger partial charge is 0.378 e. The van der Waals surface area contributed by atoms with Crippen LogP contribution in [-0.4, -0.2) is 9.55 Å². The monoisotopic (exact) mass is 215 g/mol. The molecule has 0 aliphatic heterocycles. The van der Waals surface area contributed by atoms with E-state index in [9.17, 15) is 0 Å². The Kier molecular flexibility index (Phi) is 3.25. The van der Waals surface area contributed by atoms with Crippen molar-refractivity contribution in [1.82, 2.24) is 9.55 Å². The Morgan fingerprint density at radius 1 is 1.31 bits per heavy atom. The molecule has 0 aliphatic rings. The molecule has 0 saturated carbocycles. The first-order chi connectivity index (χ1) is 7.81. The predicted octanol–water partition coefficient (Wildman–Crippen LogP) is 2.82. The molecule has 2 aromatic rings. The van der Waals surface area contributed by atoms with E-state index in [-0.39, 0.29) is 0 Å². The fraction of sp³-hybridized carbons (Fsp3) is 0.308. The van der Waals surface area contributed by atoms with Gasteiger partial charge in [0.2, 0.25) is 0 Å². The van der Waals surface area contributed by atoms with Crippen molar-refractivity contribution in [2.24, 2.45) is 0 Å². The second kappa shape index (κ2) is 4.84. The SMILES string of the molecule is CCn1cccc1CNc1cccnc1C.